The topological polar surface area (TPSA) is 29.1 Å². The Kier molecular flexibility index (Phi) is 5.11. The first-order chi connectivity index (χ1) is 8.04. The zero-order chi connectivity index (χ0) is 12.8. The van der Waals surface area contributed by atoms with Gasteiger partial charge in [0.2, 0.25) is 5.91 Å². The van der Waals surface area contributed by atoms with E-state index < -0.39 is 0 Å². The molecule has 90 valence electrons. The van der Waals surface area contributed by atoms with E-state index in [9.17, 15) is 4.79 Å². The number of nitrogens with one attached hydrogen (secondary N) is 1. The zero-order valence-electron chi connectivity index (χ0n) is 10.5. The van der Waals surface area contributed by atoms with Crippen LogP contribution in [0, 0.1) is 33.1 Å². The maximum absolute atomic E-state index is 11.4. The van der Waals surface area contributed by atoms with Crippen molar-refractivity contribution in [3.63, 3.8) is 0 Å². The maximum Gasteiger partial charge on any atom is 0.231 e. The van der Waals surface area contributed by atoms with Crippen LogP contribution in [-0.2, 0) is 4.79 Å². The standard InChI is InChI=1S/C14H17NOS/c1-5-6-15-13(16)9-17-14-11(3)7-10(2)8-12(14)4/h1,7-8H,6,9H2,2-4H3,(H,15,16). The fourth-order valence-corrected chi connectivity index (χ4v) is 2.68. The molecule has 17 heavy (non-hydrogen) atoms. The first kappa shape index (κ1) is 13.7. The van der Waals surface area contributed by atoms with Gasteiger partial charge in [-0.25, -0.2) is 0 Å². The third-order valence-electron chi connectivity index (χ3n) is 2.34. The normalized spacial score (nSPS) is 9.76. The quantitative estimate of drug-likeness (QED) is 0.654. The molecule has 1 amide bonds. The maximum atomic E-state index is 11.4. The Morgan fingerprint density at radius 2 is 1.94 bits per heavy atom. The Balaban J connectivity index is 2.64. The summed E-state index contributed by atoms with van der Waals surface area (Å²) in [5, 5.41) is 2.66. The average molecular weight is 247 g/mol. The van der Waals surface area contributed by atoms with E-state index in [0.717, 1.165) is 0 Å². The molecule has 0 aliphatic carbocycles. The molecule has 0 heterocycles. The molecule has 1 rings (SSSR count). The molecule has 0 fully saturated rings. The van der Waals surface area contributed by atoms with Crippen LogP contribution in [0.4, 0.5) is 0 Å². The van der Waals surface area contributed by atoms with E-state index >= 15 is 0 Å². The minimum absolute atomic E-state index is 0.0210. The number of benzene rings is 1. The van der Waals surface area contributed by atoms with Crippen LogP contribution in [0.5, 0.6) is 0 Å². The lowest BCUT2D eigenvalue weighted by molar-refractivity contribution is -0.118. The van der Waals surface area contributed by atoms with E-state index in [0.29, 0.717) is 12.3 Å². The molecule has 2 nitrogen and oxygen atoms in total. The van der Waals surface area contributed by atoms with E-state index in [-0.39, 0.29) is 5.91 Å². The number of hydrogen-bond acceptors (Lipinski definition) is 2. The first-order valence-corrected chi connectivity index (χ1v) is 6.44. The van der Waals surface area contributed by atoms with E-state index in [2.05, 4.69) is 44.1 Å². The van der Waals surface area contributed by atoms with Crippen LogP contribution in [-0.4, -0.2) is 18.2 Å². The summed E-state index contributed by atoms with van der Waals surface area (Å²) < 4.78 is 0. The van der Waals surface area contributed by atoms with Gasteiger partial charge < -0.3 is 5.32 Å². The Hall–Kier alpha value is -1.40. The highest BCUT2D eigenvalue weighted by Gasteiger charge is 2.07. The van der Waals surface area contributed by atoms with Crippen LogP contribution in [0.1, 0.15) is 16.7 Å². The van der Waals surface area contributed by atoms with Gasteiger partial charge in [0, 0.05) is 4.90 Å². The number of terminal acetylenes is 1. The second kappa shape index (κ2) is 6.36. The first-order valence-electron chi connectivity index (χ1n) is 5.45. The molecule has 0 atom stereocenters. The number of thioether (sulfide) groups is 1. The summed E-state index contributed by atoms with van der Waals surface area (Å²) in [7, 11) is 0. The van der Waals surface area contributed by atoms with Crippen molar-refractivity contribution in [2.24, 2.45) is 0 Å². The second-order valence-corrected chi connectivity index (χ2v) is 4.98. The molecule has 3 heteroatoms. The van der Waals surface area contributed by atoms with Crippen LogP contribution in [0.25, 0.3) is 0 Å². The number of carbonyl (C=O) groups excluding carboxylic acids is 1. The van der Waals surface area contributed by atoms with Gasteiger partial charge in [0.1, 0.15) is 0 Å². The molecule has 1 aromatic carbocycles. The van der Waals surface area contributed by atoms with Gasteiger partial charge in [-0.3, -0.25) is 4.79 Å². The predicted octanol–water partition coefficient (Wildman–Crippen LogP) is 2.45. The van der Waals surface area contributed by atoms with Crippen LogP contribution in [0.3, 0.4) is 0 Å². The monoisotopic (exact) mass is 247 g/mol. The number of carbonyl (C=O) groups is 1. The second-order valence-electron chi connectivity index (χ2n) is 4.00. The van der Waals surface area contributed by atoms with Crippen molar-refractivity contribution in [1.82, 2.24) is 5.32 Å². The van der Waals surface area contributed by atoms with Crippen molar-refractivity contribution in [2.75, 3.05) is 12.3 Å². The summed E-state index contributed by atoms with van der Waals surface area (Å²) in [6.07, 6.45) is 5.08. The minimum atomic E-state index is -0.0210. The predicted molar refractivity (Wildman–Crippen MR) is 73.2 cm³/mol. The van der Waals surface area contributed by atoms with Gasteiger partial charge in [0.15, 0.2) is 0 Å². The van der Waals surface area contributed by atoms with Crippen molar-refractivity contribution in [1.29, 1.82) is 0 Å². The molecular formula is C14H17NOS. The Morgan fingerprint density at radius 3 is 2.47 bits per heavy atom. The van der Waals surface area contributed by atoms with Crippen LogP contribution < -0.4 is 5.32 Å². The highest BCUT2D eigenvalue weighted by molar-refractivity contribution is 8.00. The summed E-state index contributed by atoms with van der Waals surface area (Å²) in [5.74, 6) is 2.77. The van der Waals surface area contributed by atoms with Gasteiger partial charge in [-0.2, -0.15) is 0 Å². The molecule has 0 saturated heterocycles. The van der Waals surface area contributed by atoms with Gasteiger partial charge in [0.25, 0.3) is 0 Å². The van der Waals surface area contributed by atoms with Crippen molar-refractivity contribution in [3.8, 4) is 12.3 Å². The summed E-state index contributed by atoms with van der Waals surface area (Å²) in [4.78, 5) is 12.6. The average Bonchev–Trinajstić information content (AvgIpc) is 2.24. The Labute approximate surface area is 107 Å². The van der Waals surface area contributed by atoms with Gasteiger partial charge in [-0.05, 0) is 31.9 Å². The summed E-state index contributed by atoms with van der Waals surface area (Å²) in [6, 6.07) is 4.27. The highest BCUT2D eigenvalue weighted by atomic mass is 32.2. The number of aryl methyl sites for hydroxylation is 3. The molecule has 0 aliphatic rings. The van der Waals surface area contributed by atoms with Gasteiger partial charge >= 0.3 is 0 Å². The fourth-order valence-electron chi connectivity index (χ4n) is 1.73. The lowest BCUT2D eigenvalue weighted by atomic mass is 10.1. The Bertz CT molecular complexity index is 437. The fraction of sp³-hybridized carbons (Fsp3) is 0.357. The molecule has 1 N–H and O–H groups in total. The third-order valence-corrected chi connectivity index (χ3v) is 3.68. The molecule has 1 aromatic rings. The van der Waals surface area contributed by atoms with Crippen LogP contribution in [0.2, 0.25) is 0 Å². The van der Waals surface area contributed by atoms with Crippen LogP contribution in [0.15, 0.2) is 17.0 Å². The van der Waals surface area contributed by atoms with E-state index in [1.807, 2.05) is 0 Å². The van der Waals surface area contributed by atoms with Gasteiger partial charge in [-0.1, -0.05) is 23.6 Å². The lowest BCUT2D eigenvalue weighted by Crippen LogP contribution is -2.25. The van der Waals surface area contributed by atoms with Crippen molar-refractivity contribution >= 4 is 17.7 Å². The van der Waals surface area contributed by atoms with E-state index in [1.54, 1.807) is 11.8 Å². The van der Waals surface area contributed by atoms with Crippen molar-refractivity contribution in [3.05, 3.63) is 28.8 Å². The summed E-state index contributed by atoms with van der Waals surface area (Å²) >= 11 is 1.56. The number of hydrogen-bond donors (Lipinski definition) is 1. The molecule has 0 bridgehead atoms. The van der Waals surface area contributed by atoms with Crippen molar-refractivity contribution < 1.29 is 4.79 Å². The molecule has 0 spiro atoms. The van der Waals surface area contributed by atoms with Gasteiger partial charge in [-0.15, -0.1) is 18.2 Å². The third kappa shape index (κ3) is 4.16. The lowest BCUT2D eigenvalue weighted by Gasteiger charge is -2.10. The van der Waals surface area contributed by atoms with E-state index in [1.165, 1.54) is 21.6 Å². The molecule has 0 aromatic heterocycles. The van der Waals surface area contributed by atoms with Gasteiger partial charge in [0.05, 0.1) is 12.3 Å². The number of rotatable bonds is 4. The van der Waals surface area contributed by atoms with E-state index in [4.69, 9.17) is 6.42 Å². The highest BCUT2D eigenvalue weighted by Crippen LogP contribution is 2.27. The zero-order valence-corrected chi connectivity index (χ0v) is 11.3. The van der Waals surface area contributed by atoms with Crippen molar-refractivity contribution in [2.45, 2.75) is 25.7 Å². The minimum Gasteiger partial charge on any atom is -0.344 e. The summed E-state index contributed by atoms with van der Waals surface area (Å²) in [5.41, 5.74) is 3.69. The molecule has 0 saturated carbocycles. The largest absolute Gasteiger partial charge is 0.344 e. The van der Waals surface area contributed by atoms with Crippen LogP contribution >= 0.6 is 11.8 Å². The molecule has 0 aliphatic heterocycles. The molecular weight excluding hydrogens is 230 g/mol. The Morgan fingerprint density at radius 1 is 1.35 bits per heavy atom. The SMILES string of the molecule is C#CCNC(=O)CSc1c(C)cc(C)cc1C. The summed E-state index contributed by atoms with van der Waals surface area (Å²) in [6.45, 7) is 6.52. The molecule has 0 unspecified atom stereocenters. The number of amides is 1. The molecule has 0 radical (unpaired) electrons. The smallest absolute Gasteiger partial charge is 0.231 e.